The predicted molar refractivity (Wildman–Crippen MR) is 91.3 cm³/mol. The van der Waals surface area contributed by atoms with Crippen LogP contribution in [0.15, 0.2) is 29.8 Å². The topological polar surface area (TPSA) is 90.9 Å². The van der Waals surface area contributed by atoms with E-state index in [1.807, 2.05) is 4.72 Å². The lowest BCUT2D eigenvalue weighted by molar-refractivity contribution is -0.143. The number of carbonyl (C=O) groups excluding carboxylic acids is 1. The first kappa shape index (κ1) is 19.7. The van der Waals surface area contributed by atoms with E-state index >= 15 is 0 Å². The standard InChI is InChI=1S/C17H19F2NO6S/c1-2-24-16(21)11-10-17(25-8-9-26-17)7-6-14(11)27(22,23)20-15-12(18)4-3-5-13(15)19/h3-5,10,14,20H,2,6-9H2,1H3. The van der Waals surface area contributed by atoms with Gasteiger partial charge in [0.15, 0.2) is 5.79 Å². The molecule has 1 aliphatic heterocycles. The number of benzene rings is 1. The highest BCUT2D eigenvalue weighted by atomic mass is 32.2. The molecule has 27 heavy (non-hydrogen) atoms. The molecule has 1 unspecified atom stereocenters. The van der Waals surface area contributed by atoms with Gasteiger partial charge in [-0.3, -0.25) is 4.72 Å². The van der Waals surface area contributed by atoms with Crippen molar-refractivity contribution in [3.8, 4) is 0 Å². The highest BCUT2D eigenvalue weighted by molar-refractivity contribution is 7.93. The van der Waals surface area contributed by atoms with Gasteiger partial charge in [0.1, 0.15) is 22.6 Å². The van der Waals surface area contributed by atoms with Crippen LogP contribution in [0.1, 0.15) is 19.8 Å². The molecule has 1 aliphatic carbocycles. The first-order valence-electron chi connectivity index (χ1n) is 8.41. The third kappa shape index (κ3) is 3.97. The van der Waals surface area contributed by atoms with Crippen LogP contribution in [-0.2, 0) is 29.0 Å². The normalized spacial score (nSPS) is 21.7. The van der Waals surface area contributed by atoms with Crippen molar-refractivity contribution in [1.29, 1.82) is 0 Å². The number of hydrogen-bond donors (Lipinski definition) is 1. The average Bonchev–Trinajstić information content (AvgIpc) is 3.06. The molecule has 0 saturated carbocycles. The van der Waals surface area contributed by atoms with Gasteiger partial charge in [-0.15, -0.1) is 0 Å². The summed E-state index contributed by atoms with van der Waals surface area (Å²) in [5.74, 6) is -4.15. The number of anilines is 1. The molecule has 1 aromatic carbocycles. The Labute approximate surface area is 155 Å². The SMILES string of the molecule is CCOC(=O)C1=CC2(CCC1S(=O)(=O)Nc1c(F)cccc1F)OCCO2. The van der Waals surface area contributed by atoms with Crippen LogP contribution in [0, 0.1) is 11.6 Å². The summed E-state index contributed by atoms with van der Waals surface area (Å²) in [5.41, 5.74) is -0.983. The summed E-state index contributed by atoms with van der Waals surface area (Å²) >= 11 is 0. The fourth-order valence-corrected chi connectivity index (χ4v) is 4.67. The van der Waals surface area contributed by atoms with Crippen molar-refractivity contribution < 1.29 is 36.2 Å². The van der Waals surface area contributed by atoms with Crippen molar-refractivity contribution >= 4 is 21.7 Å². The minimum Gasteiger partial charge on any atom is -0.463 e. The molecule has 1 aromatic rings. The van der Waals surface area contributed by atoms with Crippen LogP contribution in [0.2, 0.25) is 0 Å². The highest BCUT2D eigenvalue weighted by Crippen LogP contribution is 2.37. The van der Waals surface area contributed by atoms with Crippen LogP contribution in [0.25, 0.3) is 0 Å². The van der Waals surface area contributed by atoms with Crippen LogP contribution in [0.4, 0.5) is 14.5 Å². The van der Waals surface area contributed by atoms with Gasteiger partial charge in [-0.05, 0) is 31.6 Å². The third-order valence-electron chi connectivity index (χ3n) is 4.35. The Balaban J connectivity index is 1.96. The maximum Gasteiger partial charge on any atom is 0.335 e. The second-order valence-electron chi connectivity index (χ2n) is 6.10. The Morgan fingerprint density at radius 2 is 1.93 bits per heavy atom. The monoisotopic (exact) mass is 403 g/mol. The Morgan fingerprint density at radius 3 is 2.52 bits per heavy atom. The number of hydrogen-bond acceptors (Lipinski definition) is 6. The van der Waals surface area contributed by atoms with E-state index in [1.54, 1.807) is 6.92 Å². The van der Waals surface area contributed by atoms with Crippen molar-refractivity contribution in [3.63, 3.8) is 0 Å². The number of sulfonamides is 1. The molecule has 148 valence electrons. The number of esters is 1. The van der Waals surface area contributed by atoms with Crippen molar-refractivity contribution in [2.75, 3.05) is 24.5 Å². The maximum atomic E-state index is 13.9. The van der Waals surface area contributed by atoms with Crippen LogP contribution in [0.3, 0.4) is 0 Å². The van der Waals surface area contributed by atoms with Crippen LogP contribution in [-0.4, -0.2) is 45.2 Å². The van der Waals surface area contributed by atoms with E-state index in [1.165, 1.54) is 6.08 Å². The third-order valence-corrected chi connectivity index (χ3v) is 6.07. The van der Waals surface area contributed by atoms with Gasteiger partial charge in [-0.25, -0.2) is 22.0 Å². The molecule has 1 saturated heterocycles. The summed E-state index contributed by atoms with van der Waals surface area (Å²) in [6, 6.07) is 2.98. The molecule has 0 radical (unpaired) electrons. The van der Waals surface area contributed by atoms with E-state index in [-0.39, 0.29) is 25.0 Å². The van der Waals surface area contributed by atoms with E-state index in [9.17, 15) is 22.0 Å². The van der Waals surface area contributed by atoms with Gasteiger partial charge in [-0.1, -0.05) is 6.07 Å². The molecular formula is C17H19F2NO6S. The van der Waals surface area contributed by atoms with Crippen molar-refractivity contribution in [3.05, 3.63) is 41.5 Å². The van der Waals surface area contributed by atoms with Crippen molar-refractivity contribution in [2.45, 2.75) is 30.8 Å². The zero-order valence-electron chi connectivity index (χ0n) is 14.5. The Kier molecular flexibility index (Phi) is 5.50. The first-order valence-corrected chi connectivity index (χ1v) is 9.96. The lowest BCUT2D eigenvalue weighted by Gasteiger charge is -2.33. The first-order chi connectivity index (χ1) is 12.8. The Hall–Kier alpha value is -2.04. The van der Waals surface area contributed by atoms with Gasteiger partial charge in [0, 0.05) is 6.42 Å². The molecule has 0 amide bonds. The van der Waals surface area contributed by atoms with Gasteiger partial charge in [-0.2, -0.15) is 0 Å². The molecule has 1 spiro atoms. The second-order valence-corrected chi connectivity index (χ2v) is 7.96. The quantitative estimate of drug-likeness (QED) is 0.758. The number of nitrogens with one attached hydrogen (secondary N) is 1. The van der Waals surface area contributed by atoms with Crippen LogP contribution in [0.5, 0.6) is 0 Å². The molecule has 1 heterocycles. The fraction of sp³-hybridized carbons (Fsp3) is 0.471. The van der Waals surface area contributed by atoms with E-state index in [0.717, 1.165) is 18.2 Å². The van der Waals surface area contributed by atoms with Crippen molar-refractivity contribution in [1.82, 2.24) is 0 Å². The number of para-hydroxylation sites is 1. The molecule has 7 nitrogen and oxygen atoms in total. The summed E-state index contributed by atoms with van der Waals surface area (Å²) in [5, 5.41) is -1.37. The molecule has 1 N–H and O–H groups in total. The van der Waals surface area contributed by atoms with E-state index in [2.05, 4.69) is 0 Å². The van der Waals surface area contributed by atoms with E-state index in [4.69, 9.17) is 14.2 Å². The number of halogens is 2. The molecule has 1 atom stereocenters. The molecule has 3 rings (SSSR count). The molecule has 10 heteroatoms. The van der Waals surface area contributed by atoms with Gasteiger partial charge >= 0.3 is 5.97 Å². The zero-order chi connectivity index (χ0) is 19.7. The highest BCUT2D eigenvalue weighted by Gasteiger charge is 2.46. The van der Waals surface area contributed by atoms with Gasteiger partial charge in [0.25, 0.3) is 0 Å². The Morgan fingerprint density at radius 1 is 1.30 bits per heavy atom. The minimum atomic E-state index is -4.35. The van der Waals surface area contributed by atoms with Crippen LogP contribution < -0.4 is 4.72 Å². The fourth-order valence-electron chi connectivity index (χ4n) is 3.12. The number of ether oxygens (including phenoxy) is 3. The molecule has 1 fully saturated rings. The molecular weight excluding hydrogens is 384 g/mol. The summed E-state index contributed by atoms with van der Waals surface area (Å²) in [6.07, 6.45) is 1.42. The number of carbonyl (C=O) groups is 1. The van der Waals surface area contributed by atoms with E-state index in [0.29, 0.717) is 13.2 Å². The summed E-state index contributed by atoms with van der Waals surface area (Å²) in [6.45, 7) is 2.23. The maximum absolute atomic E-state index is 13.9. The summed E-state index contributed by atoms with van der Waals surface area (Å²) in [7, 11) is -4.35. The Bertz CT molecular complexity index is 844. The summed E-state index contributed by atoms with van der Waals surface area (Å²) < 4.78 is 71.2. The molecule has 0 aromatic heterocycles. The predicted octanol–water partition coefficient (Wildman–Crippen LogP) is 2.10. The lowest BCUT2D eigenvalue weighted by Crippen LogP contribution is -2.42. The largest absolute Gasteiger partial charge is 0.463 e. The zero-order valence-corrected chi connectivity index (χ0v) is 15.4. The minimum absolute atomic E-state index is 0.0347. The number of rotatable bonds is 5. The average molecular weight is 403 g/mol. The molecule has 0 bridgehead atoms. The van der Waals surface area contributed by atoms with Crippen LogP contribution >= 0.6 is 0 Å². The lowest BCUT2D eigenvalue weighted by atomic mass is 9.94. The smallest absolute Gasteiger partial charge is 0.335 e. The van der Waals surface area contributed by atoms with Gasteiger partial charge < -0.3 is 14.2 Å². The van der Waals surface area contributed by atoms with E-state index < -0.39 is 44.4 Å². The second kappa shape index (κ2) is 7.53. The summed E-state index contributed by atoms with van der Waals surface area (Å²) in [4.78, 5) is 12.3. The van der Waals surface area contributed by atoms with Gasteiger partial charge in [0.05, 0.1) is 25.4 Å². The van der Waals surface area contributed by atoms with Crippen molar-refractivity contribution in [2.24, 2.45) is 0 Å². The molecule has 2 aliphatic rings. The van der Waals surface area contributed by atoms with Gasteiger partial charge in [0.2, 0.25) is 10.0 Å².